The van der Waals surface area contributed by atoms with Crippen molar-refractivity contribution in [1.82, 2.24) is 5.32 Å². The summed E-state index contributed by atoms with van der Waals surface area (Å²) in [5.41, 5.74) is 0.293. The Morgan fingerprint density at radius 2 is 2.14 bits per heavy atom. The molecule has 0 aromatic rings. The van der Waals surface area contributed by atoms with Gasteiger partial charge in [-0.15, -0.1) is 0 Å². The summed E-state index contributed by atoms with van der Waals surface area (Å²) in [7, 11) is 0. The second-order valence-corrected chi connectivity index (χ2v) is 5.10. The normalized spacial score (nSPS) is 25.8. The Labute approximate surface area is 87.5 Å². The van der Waals surface area contributed by atoms with Gasteiger partial charge in [0.25, 0.3) is 0 Å². The summed E-state index contributed by atoms with van der Waals surface area (Å²) in [5.74, 6) is 0.229. The molecule has 1 amide bonds. The Morgan fingerprint density at radius 3 is 2.71 bits per heavy atom. The van der Waals surface area contributed by atoms with Crippen LogP contribution in [0.15, 0.2) is 0 Å². The average molecular weight is 197 g/mol. The van der Waals surface area contributed by atoms with Gasteiger partial charge >= 0.3 is 0 Å². The Kier molecular flexibility index (Phi) is 3.97. The van der Waals surface area contributed by atoms with Crippen molar-refractivity contribution in [2.75, 3.05) is 0 Å². The fourth-order valence-corrected chi connectivity index (χ4v) is 2.26. The molecule has 1 atom stereocenters. The molecule has 0 spiro atoms. The van der Waals surface area contributed by atoms with Crippen molar-refractivity contribution >= 4 is 5.91 Å². The highest BCUT2D eigenvalue weighted by Gasteiger charge is 2.32. The maximum Gasteiger partial charge on any atom is 0.220 e. The van der Waals surface area contributed by atoms with E-state index in [4.69, 9.17) is 0 Å². The van der Waals surface area contributed by atoms with Crippen molar-refractivity contribution in [1.29, 1.82) is 0 Å². The van der Waals surface area contributed by atoms with Gasteiger partial charge in [0.2, 0.25) is 5.91 Å². The van der Waals surface area contributed by atoms with Crippen LogP contribution >= 0.6 is 0 Å². The molecule has 1 unspecified atom stereocenters. The van der Waals surface area contributed by atoms with E-state index in [1.54, 1.807) is 0 Å². The van der Waals surface area contributed by atoms with E-state index in [1.165, 1.54) is 19.3 Å². The van der Waals surface area contributed by atoms with Gasteiger partial charge in [0.1, 0.15) is 0 Å². The lowest BCUT2D eigenvalue weighted by Gasteiger charge is -2.39. The molecule has 2 nitrogen and oxygen atoms in total. The molecule has 0 bridgehead atoms. The topological polar surface area (TPSA) is 29.1 Å². The number of hydrogen-bond donors (Lipinski definition) is 1. The van der Waals surface area contributed by atoms with Gasteiger partial charge in [-0.05, 0) is 24.7 Å². The molecule has 1 aliphatic rings. The first-order valence-electron chi connectivity index (χ1n) is 5.85. The zero-order valence-electron chi connectivity index (χ0n) is 9.73. The molecule has 0 radical (unpaired) electrons. The lowest BCUT2D eigenvalue weighted by molar-refractivity contribution is -0.123. The third-order valence-corrected chi connectivity index (χ3v) is 3.32. The zero-order valence-corrected chi connectivity index (χ0v) is 9.73. The van der Waals surface area contributed by atoms with Crippen LogP contribution in [-0.4, -0.2) is 11.9 Å². The largest absolute Gasteiger partial charge is 0.353 e. The number of carbonyl (C=O) groups is 1. The Hall–Kier alpha value is -0.530. The maximum absolute atomic E-state index is 11.5. The molecule has 1 fully saturated rings. The minimum Gasteiger partial charge on any atom is -0.353 e. The molecule has 2 heteroatoms. The Bertz CT molecular complexity index is 198. The maximum atomic E-state index is 11.5. The lowest BCUT2D eigenvalue weighted by Crippen LogP contribution is -2.46. The van der Waals surface area contributed by atoms with E-state index in [-0.39, 0.29) is 5.91 Å². The number of hydrogen-bond acceptors (Lipinski definition) is 1. The van der Waals surface area contributed by atoms with Crippen LogP contribution in [0.4, 0.5) is 0 Å². The van der Waals surface area contributed by atoms with E-state index in [9.17, 15) is 4.79 Å². The summed E-state index contributed by atoms with van der Waals surface area (Å²) in [6.07, 6.45) is 6.59. The first-order chi connectivity index (χ1) is 6.56. The van der Waals surface area contributed by atoms with E-state index in [1.807, 2.05) is 6.92 Å². The summed E-state index contributed by atoms with van der Waals surface area (Å²) >= 11 is 0. The van der Waals surface area contributed by atoms with E-state index < -0.39 is 0 Å². The van der Waals surface area contributed by atoms with Gasteiger partial charge in [-0.2, -0.15) is 0 Å². The molecule has 1 rings (SSSR count). The van der Waals surface area contributed by atoms with Gasteiger partial charge in [0.05, 0.1) is 0 Å². The van der Waals surface area contributed by atoms with Crippen molar-refractivity contribution in [2.45, 2.75) is 65.3 Å². The molecule has 0 heterocycles. The SMILES string of the molecule is CCCC(=O)NC1CCCCC1(C)C. The molecule has 82 valence electrons. The third-order valence-electron chi connectivity index (χ3n) is 3.32. The molecule has 1 N–H and O–H groups in total. The minimum absolute atomic E-state index is 0.229. The summed E-state index contributed by atoms with van der Waals surface area (Å²) in [6, 6.07) is 0.398. The standard InChI is InChI=1S/C12H23NO/c1-4-7-11(14)13-10-8-5-6-9-12(10,2)3/h10H,4-9H2,1-3H3,(H,13,14). The first-order valence-corrected chi connectivity index (χ1v) is 5.85. The highest BCUT2D eigenvalue weighted by Crippen LogP contribution is 2.35. The second kappa shape index (κ2) is 4.81. The molecule has 1 saturated carbocycles. The molecule has 1 aliphatic carbocycles. The van der Waals surface area contributed by atoms with Crippen LogP contribution in [0, 0.1) is 5.41 Å². The van der Waals surface area contributed by atoms with Crippen molar-refractivity contribution in [2.24, 2.45) is 5.41 Å². The van der Waals surface area contributed by atoms with Crippen LogP contribution in [-0.2, 0) is 4.79 Å². The number of rotatable bonds is 3. The zero-order chi connectivity index (χ0) is 10.6. The smallest absolute Gasteiger partial charge is 0.220 e. The molecule has 0 aliphatic heterocycles. The quantitative estimate of drug-likeness (QED) is 0.740. The third kappa shape index (κ3) is 3.00. The van der Waals surface area contributed by atoms with Gasteiger partial charge in [-0.25, -0.2) is 0 Å². The van der Waals surface area contributed by atoms with Crippen LogP contribution in [0.2, 0.25) is 0 Å². The number of nitrogens with one attached hydrogen (secondary N) is 1. The molecule has 14 heavy (non-hydrogen) atoms. The van der Waals surface area contributed by atoms with Gasteiger partial charge < -0.3 is 5.32 Å². The highest BCUT2D eigenvalue weighted by atomic mass is 16.1. The first kappa shape index (κ1) is 11.5. The van der Waals surface area contributed by atoms with Crippen molar-refractivity contribution in [3.05, 3.63) is 0 Å². The van der Waals surface area contributed by atoms with E-state index >= 15 is 0 Å². The summed E-state index contributed by atoms with van der Waals surface area (Å²) in [4.78, 5) is 11.5. The van der Waals surface area contributed by atoms with Gasteiger partial charge in [0.15, 0.2) is 0 Å². The molecule has 0 saturated heterocycles. The van der Waals surface area contributed by atoms with Crippen LogP contribution in [0.25, 0.3) is 0 Å². The second-order valence-electron chi connectivity index (χ2n) is 5.10. The number of amides is 1. The fourth-order valence-electron chi connectivity index (χ4n) is 2.26. The summed E-state index contributed by atoms with van der Waals surface area (Å²) in [6.45, 7) is 6.58. The Balaban J connectivity index is 2.45. The van der Waals surface area contributed by atoms with Crippen molar-refractivity contribution in [3.63, 3.8) is 0 Å². The van der Waals surface area contributed by atoms with E-state index in [0.717, 1.165) is 12.8 Å². The van der Waals surface area contributed by atoms with Crippen molar-refractivity contribution < 1.29 is 4.79 Å². The fraction of sp³-hybridized carbons (Fsp3) is 0.917. The van der Waals surface area contributed by atoms with Crippen LogP contribution in [0.5, 0.6) is 0 Å². The van der Waals surface area contributed by atoms with E-state index in [0.29, 0.717) is 17.9 Å². The van der Waals surface area contributed by atoms with Crippen LogP contribution in [0.1, 0.15) is 59.3 Å². The summed E-state index contributed by atoms with van der Waals surface area (Å²) in [5, 5.41) is 3.17. The van der Waals surface area contributed by atoms with Gasteiger partial charge in [-0.1, -0.05) is 33.6 Å². The van der Waals surface area contributed by atoms with Gasteiger partial charge in [-0.3, -0.25) is 4.79 Å². The summed E-state index contributed by atoms with van der Waals surface area (Å²) < 4.78 is 0. The number of carbonyl (C=O) groups excluding carboxylic acids is 1. The average Bonchev–Trinajstić information content (AvgIpc) is 2.09. The van der Waals surface area contributed by atoms with Crippen LogP contribution in [0.3, 0.4) is 0 Å². The monoisotopic (exact) mass is 197 g/mol. The predicted molar refractivity (Wildman–Crippen MR) is 59.1 cm³/mol. The minimum atomic E-state index is 0.229. The van der Waals surface area contributed by atoms with E-state index in [2.05, 4.69) is 19.2 Å². The lowest BCUT2D eigenvalue weighted by atomic mass is 9.73. The Morgan fingerprint density at radius 1 is 1.43 bits per heavy atom. The molecule has 0 aromatic heterocycles. The predicted octanol–water partition coefficient (Wildman–Crippen LogP) is 2.87. The molecular weight excluding hydrogens is 174 g/mol. The van der Waals surface area contributed by atoms with Gasteiger partial charge in [0, 0.05) is 12.5 Å². The molecular formula is C12H23NO. The highest BCUT2D eigenvalue weighted by molar-refractivity contribution is 5.76. The van der Waals surface area contributed by atoms with Crippen molar-refractivity contribution in [3.8, 4) is 0 Å². The van der Waals surface area contributed by atoms with Crippen LogP contribution < -0.4 is 5.32 Å². The molecule has 0 aromatic carbocycles.